The average molecular weight is 215 g/mol. The van der Waals surface area contributed by atoms with Gasteiger partial charge in [-0.05, 0) is 17.7 Å². The van der Waals surface area contributed by atoms with Crippen molar-refractivity contribution in [3.05, 3.63) is 34.9 Å². The van der Waals surface area contributed by atoms with E-state index in [0.29, 0.717) is 11.4 Å². The lowest BCUT2D eigenvalue weighted by molar-refractivity contribution is -0.407. The van der Waals surface area contributed by atoms with E-state index in [-0.39, 0.29) is 12.0 Å². The van der Waals surface area contributed by atoms with Gasteiger partial charge >= 0.3 is 5.97 Å². The minimum Gasteiger partial charge on any atom is -0.465 e. The SMILES string of the molecule is COC(=O)[C@@H]([NH3+])Cc1ccc(Cl)cc1. The van der Waals surface area contributed by atoms with Crippen molar-refractivity contribution in [2.75, 3.05) is 7.11 Å². The van der Waals surface area contributed by atoms with Crippen LogP contribution in [0.3, 0.4) is 0 Å². The van der Waals surface area contributed by atoms with Crippen LogP contribution in [0.15, 0.2) is 24.3 Å². The minimum atomic E-state index is -0.360. The van der Waals surface area contributed by atoms with Gasteiger partial charge in [-0.1, -0.05) is 23.7 Å². The molecule has 0 aliphatic heterocycles. The van der Waals surface area contributed by atoms with Gasteiger partial charge in [0.25, 0.3) is 0 Å². The van der Waals surface area contributed by atoms with E-state index in [9.17, 15) is 4.79 Å². The number of hydrogen-bond acceptors (Lipinski definition) is 2. The molecule has 0 fully saturated rings. The highest BCUT2D eigenvalue weighted by Gasteiger charge is 2.17. The van der Waals surface area contributed by atoms with Gasteiger partial charge in [0.1, 0.15) is 0 Å². The number of benzene rings is 1. The summed E-state index contributed by atoms with van der Waals surface area (Å²) in [6.45, 7) is 0. The maximum atomic E-state index is 11.1. The van der Waals surface area contributed by atoms with Gasteiger partial charge < -0.3 is 10.5 Å². The Bertz CT molecular complexity index is 310. The summed E-state index contributed by atoms with van der Waals surface area (Å²) >= 11 is 5.73. The molecule has 0 saturated carbocycles. The molecule has 0 radical (unpaired) electrons. The molecule has 1 aromatic carbocycles. The van der Waals surface area contributed by atoms with Crippen LogP contribution in [0, 0.1) is 0 Å². The van der Waals surface area contributed by atoms with Gasteiger partial charge in [0, 0.05) is 11.4 Å². The molecule has 14 heavy (non-hydrogen) atoms. The number of carbonyl (C=O) groups is 1. The highest BCUT2D eigenvalue weighted by Crippen LogP contribution is 2.10. The van der Waals surface area contributed by atoms with Gasteiger partial charge in [-0.25, -0.2) is 4.79 Å². The van der Waals surface area contributed by atoms with E-state index < -0.39 is 0 Å². The van der Waals surface area contributed by atoms with Crippen molar-refractivity contribution < 1.29 is 15.3 Å². The normalized spacial score (nSPS) is 12.2. The van der Waals surface area contributed by atoms with Crippen LogP contribution in [0.4, 0.5) is 0 Å². The summed E-state index contributed by atoms with van der Waals surface area (Å²) in [7, 11) is 1.36. The highest BCUT2D eigenvalue weighted by atomic mass is 35.5. The number of rotatable bonds is 3. The van der Waals surface area contributed by atoms with E-state index in [1.54, 1.807) is 12.1 Å². The molecule has 0 aliphatic rings. The zero-order chi connectivity index (χ0) is 10.6. The summed E-state index contributed by atoms with van der Waals surface area (Å²) in [5.74, 6) is -0.292. The fraction of sp³-hybridized carbons (Fsp3) is 0.300. The highest BCUT2D eigenvalue weighted by molar-refractivity contribution is 6.30. The number of esters is 1. The van der Waals surface area contributed by atoms with Crippen molar-refractivity contribution in [1.29, 1.82) is 0 Å². The smallest absolute Gasteiger partial charge is 0.364 e. The third-order valence-corrected chi connectivity index (χ3v) is 2.18. The Hall–Kier alpha value is -1.06. The summed E-state index contributed by atoms with van der Waals surface area (Å²) in [6.07, 6.45) is 0.573. The standard InChI is InChI=1S/C10H12ClNO2/c1-14-10(13)9(12)6-7-2-4-8(11)5-3-7/h2-5,9H,6,12H2,1H3/p+1/t9-/m0/s1. The molecule has 0 bridgehead atoms. The van der Waals surface area contributed by atoms with Crippen molar-refractivity contribution in [3.8, 4) is 0 Å². The summed E-state index contributed by atoms with van der Waals surface area (Å²) < 4.78 is 4.58. The molecular formula is C10H13ClNO2+. The predicted octanol–water partition coefficient (Wildman–Crippen LogP) is 0.666. The Morgan fingerprint density at radius 1 is 1.50 bits per heavy atom. The average Bonchev–Trinajstić information content (AvgIpc) is 2.20. The first-order chi connectivity index (χ1) is 6.63. The van der Waals surface area contributed by atoms with Crippen molar-refractivity contribution in [2.45, 2.75) is 12.5 Å². The van der Waals surface area contributed by atoms with Crippen LogP contribution in [0.5, 0.6) is 0 Å². The van der Waals surface area contributed by atoms with Crippen LogP contribution < -0.4 is 5.73 Å². The van der Waals surface area contributed by atoms with Crippen LogP contribution in [0.25, 0.3) is 0 Å². The molecule has 4 heteroatoms. The maximum Gasteiger partial charge on any atom is 0.364 e. The summed E-state index contributed by atoms with van der Waals surface area (Å²) in [4.78, 5) is 11.1. The van der Waals surface area contributed by atoms with Crippen LogP contribution in [-0.2, 0) is 16.0 Å². The Kier molecular flexibility index (Phi) is 3.92. The summed E-state index contributed by atoms with van der Waals surface area (Å²) in [5, 5.41) is 0.687. The molecule has 0 aromatic heterocycles. The molecule has 0 aliphatic carbocycles. The predicted molar refractivity (Wildman–Crippen MR) is 53.8 cm³/mol. The lowest BCUT2D eigenvalue weighted by Crippen LogP contribution is -2.66. The second-order valence-electron chi connectivity index (χ2n) is 3.05. The molecule has 0 spiro atoms. The van der Waals surface area contributed by atoms with Gasteiger partial charge in [-0.2, -0.15) is 0 Å². The number of ether oxygens (including phenoxy) is 1. The fourth-order valence-electron chi connectivity index (χ4n) is 1.16. The molecule has 76 valence electrons. The summed E-state index contributed by atoms with van der Waals surface area (Å²) in [6, 6.07) is 6.98. The lowest BCUT2D eigenvalue weighted by Gasteiger charge is -2.05. The van der Waals surface area contributed by atoms with E-state index in [0.717, 1.165) is 5.56 Å². The molecule has 3 nitrogen and oxygen atoms in total. The topological polar surface area (TPSA) is 53.9 Å². The first-order valence-corrected chi connectivity index (χ1v) is 4.66. The lowest BCUT2D eigenvalue weighted by atomic mass is 10.1. The third kappa shape index (κ3) is 3.01. The van der Waals surface area contributed by atoms with E-state index >= 15 is 0 Å². The molecule has 0 unspecified atom stereocenters. The Morgan fingerprint density at radius 2 is 2.07 bits per heavy atom. The summed E-state index contributed by atoms with van der Waals surface area (Å²) in [5.41, 5.74) is 4.75. The molecule has 0 saturated heterocycles. The van der Waals surface area contributed by atoms with Crippen LogP contribution >= 0.6 is 11.6 Å². The maximum absolute atomic E-state index is 11.1. The zero-order valence-corrected chi connectivity index (χ0v) is 8.75. The minimum absolute atomic E-state index is 0.292. The Balaban J connectivity index is 2.60. The Morgan fingerprint density at radius 3 is 2.57 bits per heavy atom. The Labute approximate surface area is 87.8 Å². The van der Waals surface area contributed by atoms with Crippen LogP contribution in [0.1, 0.15) is 5.56 Å². The van der Waals surface area contributed by atoms with Crippen LogP contribution in [-0.4, -0.2) is 19.1 Å². The number of carbonyl (C=O) groups excluding carboxylic acids is 1. The molecular weight excluding hydrogens is 202 g/mol. The first kappa shape index (κ1) is 11.0. The number of halogens is 1. The van der Waals surface area contributed by atoms with E-state index in [2.05, 4.69) is 10.5 Å². The molecule has 1 rings (SSSR count). The van der Waals surface area contributed by atoms with E-state index in [1.807, 2.05) is 12.1 Å². The van der Waals surface area contributed by atoms with Gasteiger partial charge in [-0.15, -0.1) is 0 Å². The van der Waals surface area contributed by atoms with Crippen molar-refractivity contribution in [2.24, 2.45) is 0 Å². The second kappa shape index (κ2) is 4.98. The second-order valence-corrected chi connectivity index (χ2v) is 3.49. The molecule has 3 N–H and O–H groups in total. The number of hydrogen-bond donors (Lipinski definition) is 1. The monoisotopic (exact) mass is 214 g/mol. The van der Waals surface area contributed by atoms with E-state index in [1.165, 1.54) is 7.11 Å². The number of methoxy groups -OCH3 is 1. The molecule has 1 aromatic rings. The molecule has 0 amide bonds. The number of quaternary nitrogens is 1. The van der Waals surface area contributed by atoms with E-state index in [4.69, 9.17) is 11.6 Å². The quantitative estimate of drug-likeness (QED) is 0.752. The van der Waals surface area contributed by atoms with Gasteiger partial charge in [0.15, 0.2) is 6.04 Å². The van der Waals surface area contributed by atoms with Crippen molar-refractivity contribution >= 4 is 17.6 Å². The largest absolute Gasteiger partial charge is 0.465 e. The first-order valence-electron chi connectivity index (χ1n) is 4.29. The molecule has 1 atom stereocenters. The van der Waals surface area contributed by atoms with Crippen LogP contribution in [0.2, 0.25) is 5.02 Å². The van der Waals surface area contributed by atoms with Gasteiger partial charge in [0.05, 0.1) is 7.11 Å². The third-order valence-electron chi connectivity index (χ3n) is 1.93. The van der Waals surface area contributed by atoms with Crippen molar-refractivity contribution in [1.82, 2.24) is 0 Å². The van der Waals surface area contributed by atoms with Gasteiger partial charge in [0.2, 0.25) is 0 Å². The zero-order valence-electron chi connectivity index (χ0n) is 8.00. The fourth-order valence-corrected chi connectivity index (χ4v) is 1.28. The molecule has 0 heterocycles. The van der Waals surface area contributed by atoms with Gasteiger partial charge in [-0.3, -0.25) is 0 Å². The van der Waals surface area contributed by atoms with Crippen molar-refractivity contribution in [3.63, 3.8) is 0 Å².